The fourth-order valence-electron chi connectivity index (χ4n) is 3.02. The van der Waals surface area contributed by atoms with E-state index in [4.69, 9.17) is 11.6 Å². The molecule has 0 unspecified atom stereocenters. The second-order valence-corrected chi connectivity index (χ2v) is 8.45. The number of carbonyl (C=O) groups excluding carboxylic acids is 2. The molecule has 1 aliphatic rings. The molecule has 1 N–H and O–H groups in total. The predicted octanol–water partition coefficient (Wildman–Crippen LogP) is 2.64. The van der Waals surface area contributed by atoms with Crippen LogP contribution in [0.15, 0.2) is 18.2 Å². The monoisotopic (exact) mass is 379 g/mol. The maximum Gasteiger partial charge on any atom is 0.234 e. The van der Waals surface area contributed by atoms with Crippen molar-refractivity contribution in [2.24, 2.45) is 0 Å². The molecule has 6 heteroatoms. The molecule has 26 heavy (non-hydrogen) atoms. The molecule has 144 valence electrons. The molecule has 0 radical (unpaired) electrons. The van der Waals surface area contributed by atoms with Crippen LogP contribution in [0.5, 0.6) is 0 Å². The predicted molar refractivity (Wildman–Crippen MR) is 105 cm³/mol. The summed E-state index contributed by atoms with van der Waals surface area (Å²) < 4.78 is 0. The smallest absolute Gasteiger partial charge is 0.234 e. The van der Waals surface area contributed by atoms with Crippen molar-refractivity contribution in [3.05, 3.63) is 34.3 Å². The van der Waals surface area contributed by atoms with E-state index in [1.54, 1.807) is 0 Å². The third kappa shape index (κ3) is 6.61. The lowest BCUT2D eigenvalue weighted by atomic mass is 10.1. The van der Waals surface area contributed by atoms with Gasteiger partial charge in [-0.25, -0.2) is 0 Å². The van der Waals surface area contributed by atoms with Crippen molar-refractivity contribution in [1.29, 1.82) is 0 Å². The summed E-state index contributed by atoms with van der Waals surface area (Å²) in [5, 5.41) is 3.72. The quantitative estimate of drug-likeness (QED) is 0.855. The van der Waals surface area contributed by atoms with Crippen molar-refractivity contribution in [2.75, 3.05) is 32.7 Å². The van der Waals surface area contributed by atoms with Crippen LogP contribution in [0.25, 0.3) is 0 Å². The molecule has 1 saturated heterocycles. The molecule has 0 spiro atoms. The third-order valence-corrected chi connectivity index (χ3v) is 4.88. The lowest BCUT2D eigenvalue weighted by Gasteiger charge is -2.35. The summed E-state index contributed by atoms with van der Waals surface area (Å²) in [7, 11) is 0. The highest BCUT2D eigenvalue weighted by Gasteiger charge is 2.23. The fourth-order valence-corrected chi connectivity index (χ4v) is 3.22. The number of aryl methyl sites for hydroxylation is 2. The average molecular weight is 380 g/mol. The summed E-state index contributed by atoms with van der Waals surface area (Å²) >= 11 is 6.14. The first-order valence-electron chi connectivity index (χ1n) is 9.20. The van der Waals surface area contributed by atoms with Crippen LogP contribution < -0.4 is 5.32 Å². The van der Waals surface area contributed by atoms with E-state index in [0.29, 0.717) is 32.5 Å². The molecular weight excluding hydrogens is 350 g/mol. The number of halogens is 1. The molecule has 1 heterocycles. The third-order valence-electron chi connectivity index (χ3n) is 4.47. The van der Waals surface area contributed by atoms with Gasteiger partial charge in [0.25, 0.3) is 0 Å². The molecule has 1 aromatic carbocycles. The zero-order chi connectivity index (χ0) is 19.3. The summed E-state index contributed by atoms with van der Waals surface area (Å²) in [5.74, 6) is 0.203. The Kier molecular flexibility index (Phi) is 7.07. The maximum atomic E-state index is 12.4. The van der Waals surface area contributed by atoms with Crippen LogP contribution in [-0.4, -0.2) is 59.9 Å². The average Bonchev–Trinajstić information content (AvgIpc) is 2.54. The van der Waals surface area contributed by atoms with Crippen molar-refractivity contribution in [3.8, 4) is 0 Å². The van der Waals surface area contributed by atoms with Crippen molar-refractivity contribution >= 4 is 23.4 Å². The number of amides is 2. The zero-order valence-electron chi connectivity index (χ0n) is 16.3. The Bertz CT molecular complexity index is 647. The van der Waals surface area contributed by atoms with Gasteiger partial charge in [-0.15, -0.1) is 0 Å². The summed E-state index contributed by atoms with van der Waals surface area (Å²) in [6, 6.07) is 5.96. The summed E-state index contributed by atoms with van der Waals surface area (Å²) in [6.45, 7) is 11.1. The van der Waals surface area contributed by atoms with Gasteiger partial charge in [0.1, 0.15) is 0 Å². The first-order chi connectivity index (χ1) is 12.1. The van der Waals surface area contributed by atoms with Gasteiger partial charge in [-0.3, -0.25) is 14.5 Å². The number of rotatable bonds is 5. The Balaban J connectivity index is 1.74. The minimum Gasteiger partial charge on any atom is -0.350 e. The van der Waals surface area contributed by atoms with Crippen LogP contribution in [0.3, 0.4) is 0 Å². The lowest BCUT2D eigenvalue weighted by molar-refractivity contribution is -0.133. The van der Waals surface area contributed by atoms with Gasteiger partial charge in [0.15, 0.2) is 0 Å². The minimum absolute atomic E-state index is 0.0357. The van der Waals surface area contributed by atoms with Gasteiger partial charge < -0.3 is 10.2 Å². The molecule has 5 nitrogen and oxygen atoms in total. The molecule has 0 aliphatic carbocycles. The van der Waals surface area contributed by atoms with Crippen LogP contribution >= 0.6 is 11.6 Å². The first-order valence-corrected chi connectivity index (χ1v) is 9.58. The molecule has 1 fully saturated rings. The molecule has 0 saturated carbocycles. The number of carbonyl (C=O) groups is 2. The Hall–Kier alpha value is -1.59. The van der Waals surface area contributed by atoms with E-state index < -0.39 is 0 Å². The number of hydrogen-bond acceptors (Lipinski definition) is 3. The molecule has 0 bridgehead atoms. The fraction of sp³-hybridized carbons (Fsp3) is 0.600. The van der Waals surface area contributed by atoms with Crippen LogP contribution in [0.4, 0.5) is 0 Å². The Morgan fingerprint density at radius 2 is 1.81 bits per heavy atom. The zero-order valence-corrected chi connectivity index (χ0v) is 17.0. The number of piperazine rings is 1. The number of nitrogens with one attached hydrogen (secondary N) is 1. The van der Waals surface area contributed by atoms with Gasteiger partial charge in [-0.1, -0.05) is 23.7 Å². The number of benzene rings is 1. The van der Waals surface area contributed by atoms with E-state index in [9.17, 15) is 9.59 Å². The standard InChI is InChI=1S/C20H30ClN3O2/c1-15-5-6-16(13-17(15)21)7-8-19(26)24-11-9-23(10-12-24)14-18(25)22-20(2,3)4/h5-6,13H,7-12,14H2,1-4H3,(H,22,25). The molecule has 2 amide bonds. The summed E-state index contributed by atoms with van der Waals surface area (Å²) in [4.78, 5) is 28.4. The van der Waals surface area contributed by atoms with Gasteiger partial charge in [-0.2, -0.15) is 0 Å². The Morgan fingerprint density at radius 1 is 1.15 bits per heavy atom. The Labute approximate surface area is 161 Å². The van der Waals surface area contributed by atoms with Gasteiger partial charge in [-0.05, 0) is 51.3 Å². The minimum atomic E-state index is -0.215. The van der Waals surface area contributed by atoms with E-state index in [2.05, 4.69) is 10.2 Å². The van der Waals surface area contributed by atoms with Crippen molar-refractivity contribution in [3.63, 3.8) is 0 Å². The van der Waals surface area contributed by atoms with E-state index in [0.717, 1.165) is 29.2 Å². The molecule has 0 atom stereocenters. The van der Waals surface area contributed by atoms with Crippen molar-refractivity contribution in [2.45, 2.75) is 46.1 Å². The lowest BCUT2D eigenvalue weighted by Crippen LogP contribution is -2.52. The van der Waals surface area contributed by atoms with Gasteiger partial charge in [0, 0.05) is 43.2 Å². The van der Waals surface area contributed by atoms with Gasteiger partial charge in [0.05, 0.1) is 6.54 Å². The molecule has 1 aliphatic heterocycles. The number of hydrogen-bond donors (Lipinski definition) is 1. The van der Waals surface area contributed by atoms with E-state index in [1.165, 1.54) is 0 Å². The van der Waals surface area contributed by atoms with Crippen molar-refractivity contribution in [1.82, 2.24) is 15.1 Å². The van der Waals surface area contributed by atoms with E-state index >= 15 is 0 Å². The van der Waals surface area contributed by atoms with Crippen molar-refractivity contribution < 1.29 is 9.59 Å². The van der Waals surface area contributed by atoms with Crippen LogP contribution in [0, 0.1) is 6.92 Å². The molecular formula is C20H30ClN3O2. The molecule has 0 aromatic heterocycles. The molecule has 1 aromatic rings. The topological polar surface area (TPSA) is 52.7 Å². The second kappa shape index (κ2) is 8.87. The number of nitrogens with zero attached hydrogens (tertiary/aromatic N) is 2. The van der Waals surface area contributed by atoms with E-state index in [-0.39, 0.29) is 17.4 Å². The first kappa shape index (κ1) is 20.7. The van der Waals surface area contributed by atoms with Gasteiger partial charge >= 0.3 is 0 Å². The van der Waals surface area contributed by atoms with Crippen LogP contribution in [-0.2, 0) is 16.0 Å². The van der Waals surface area contributed by atoms with Crippen LogP contribution in [0.2, 0.25) is 5.02 Å². The molecule has 2 rings (SSSR count). The van der Waals surface area contributed by atoms with Gasteiger partial charge in [0.2, 0.25) is 11.8 Å². The normalized spacial score (nSPS) is 15.8. The Morgan fingerprint density at radius 3 is 2.38 bits per heavy atom. The highest BCUT2D eigenvalue weighted by atomic mass is 35.5. The summed E-state index contributed by atoms with van der Waals surface area (Å²) in [5.41, 5.74) is 1.92. The summed E-state index contributed by atoms with van der Waals surface area (Å²) in [6.07, 6.45) is 1.19. The van der Waals surface area contributed by atoms with E-state index in [1.807, 2.05) is 50.8 Å². The second-order valence-electron chi connectivity index (χ2n) is 8.04. The largest absolute Gasteiger partial charge is 0.350 e. The SMILES string of the molecule is Cc1ccc(CCC(=O)N2CCN(CC(=O)NC(C)(C)C)CC2)cc1Cl. The highest BCUT2D eigenvalue weighted by molar-refractivity contribution is 6.31. The highest BCUT2D eigenvalue weighted by Crippen LogP contribution is 2.18. The maximum absolute atomic E-state index is 12.4. The van der Waals surface area contributed by atoms with Crippen LogP contribution in [0.1, 0.15) is 38.3 Å².